The molecule has 0 amide bonds. The smallest absolute Gasteiger partial charge is 0.192 e. The fraction of sp³-hybridized carbons (Fsp3) is 0.286. The van der Waals surface area contributed by atoms with E-state index in [0.717, 1.165) is 16.7 Å². The number of thioether (sulfide) groups is 1. The lowest BCUT2D eigenvalue weighted by Crippen LogP contribution is -2.24. The Morgan fingerprint density at radius 2 is 1.93 bits per heavy atom. The average Bonchev–Trinajstić information content (AvgIpc) is 3.11. The second-order valence-corrected chi connectivity index (χ2v) is 7.71. The SMILES string of the molecule is Cn1c(SCCCC(=O)c2ccc(F)cc2)nnc1C1COc2ccccc2O1. The number of ether oxygens (including phenoxy) is 2. The minimum atomic E-state index is -0.342. The van der Waals surface area contributed by atoms with E-state index >= 15 is 0 Å². The number of carbonyl (C=O) groups excluding carboxylic acids is 1. The number of benzene rings is 2. The van der Waals surface area contributed by atoms with E-state index in [1.54, 1.807) is 0 Å². The number of carbonyl (C=O) groups is 1. The van der Waals surface area contributed by atoms with Crippen molar-refractivity contribution < 1.29 is 18.7 Å². The molecule has 0 spiro atoms. The van der Waals surface area contributed by atoms with Gasteiger partial charge in [-0.25, -0.2) is 4.39 Å². The van der Waals surface area contributed by atoms with Gasteiger partial charge in [-0.3, -0.25) is 4.79 Å². The maximum atomic E-state index is 12.9. The monoisotopic (exact) mass is 413 g/mol. The van der Waals surface area contributed by atoms with Crippen molar-refractivity contribution in [1.82, 2.24) is 14.8 Å². The summed E-state index contributed by atoms with van der Waals surface area (Å²) in [6, 6.07) is 13.2. The average molecular weight is 413 g/mol. The first-order valence-electron chi connectivity index (χ1n) is 9.31. The summed E-state index contributed by atoms with van der Waals surface area (Å²) in [5.41, 5.74) is 0.534. The first-order valence-corrected chi connectivity index (χ1v) is 10.3. The Morgan fingerprint density at radius 3 is 2.72 bits per heavy atom. The summed E-state index contributed by atoms with van der Waals surface area (Å²) in [5.74, 6) is 2.52. The zero-order valence-electron chi connectivity index (χ0n) is 15.9. The van der Waals surface area contributed by atoms with E-state index in [0.29, 0.717) is 36.6 Å². The number of fused-ring (bicyclic) bond motifs is 1. The van der Waals surface area contributed by atoms with E-state index in [4.69, 9.17) is 9.47 Å². The van der Waals surface area contributed by atoms with Crippen molar-refractivity contribution in [2.45, 2.75) is 24.1 Å². The molecule has 2 heterocycles. The van der Waals surface area contributed by atoms with Crippen LogP contribution in [0.3, 0.4) is 0 Å². The Hall–Kier alpha value is -2.87. The molecule has 0 saturated carbocycles. The van der Waals surface area contributed by atoms with Crippen LogP contribution in [0.25, 0.3) is 0 Å². The second kappa shape index (κ2) is 8.65. The molecule has 29 heavy (non-hydrogen) atoms. The molecule has 0 radical (unpaired) electrons. The molecule has 1 unspecified atom stereocenters. The molecule has 0 aliphatic carbocycles. The largest absolute Gasteiger partial charge is 0.485 e. The molecule has 1 aromatic heterocycles. The summed E-state index contributed by atoms with van der Waals surface area (Å²) >= 11 is 1.54. The van der Waals surface area contributed by atoms with Gasteiger partial charge in [0.2, 0.25) is 0 Å². The highest BCUT2D eigenvalue weighted by Gasteiger charge is 2.27. The zero-order valence-corrected chi connectivity index (χ0v) is 16.7. The van der Waals surface area contributed by atoms with Gasteiger partial charge >= 0.3 is 0 Å². The van der Waals surface area contributed by atoms with Crippen molar-refractivity contribution >= 4 is 17.5 Å². The van der Waals surface area contributed by atoms with Crippen LogP contribution in [0.15, 0.2) is 53.7 Å². The molecule has 1 aliphatic heterocycles. The second-order valence-electron chi connectivity index (χ2n) is 6.65. The van der Waals surface area contributed by atoms with Gasteiger partial charge in [0.05, 0.1) is 0 Å². The normalized spacial score (nSPS) is 15.3. The summed E-state index contributed by atoms with van der Waals surface area (Å²) < 4.78 is 26.6. The number of Topliss-reactive ketones (excluding diaryl/α,β-unsaturated/α-hetero) is 1. The molecule has 0 saturated heterocycles. The molecule has 3 aromatic rings. The van der Waals surface area contributed by atoms with Gasteiger partial charge in [0, 0.05) is 24.8 Å². The first-order chi connectivity index (χ1) is 14.1. The van der Waals surface area contributed by atoms with Crippen LogP contribution in [0, 0.1) is 5.82 Å². The molecular weight excluding hydrogens is 393 g/mol. The van der Waals surface area contributed by atoms with Crippen LogP contribution < -0.4 is 9.47 Å². The Labute approximate surface area is 172 Å². The highest BCUT2D eigenvalue weighted by Crippen LogP contribution is 2.35. The minimum Gasteiger partial charge on any atom is -0.485 e. The summed E-state index contributed by atoms with van der Waals surface area (Å²) in [6.45, 7) is 0.375. The van der Waals surface area contributed by atoms with Crippen LogP contribution in [0.1, 0.15) is 35.1 Å². The summed E-state index contributed by atoms with van der Waals surface area (Å²) in [4.78, 5) is 12.2. The number of rotatable bonds is 7. The Balaban J connectivity index is 1.30. The van der Waals surface area contributed by atoms with E-state index < -0.39 is 0 Å². The molecule has 0 fully saturated rings. The molecule has 1 atom stereocenters. The Kier molecular flexibility index (Phi) is 5.80. The molecule has 6 nitrogen and oxygen atoms in total. The van der Waals surface area contributed by atoms with Gasteiger partial charge in [-0.05, 0) is 42.8 Å². The van der Waals surface area contributed by atoms with E-state index in [-0.39, 0.29) is 17.7 Å². The van der Waals surface area contributed by atoms with Crippen molar-refractivity contribution in [3.63, 3.8) is 0 Å². The molecule has 2 aromatic carbocycles. The van der Waals surface area contributed by atoms with Crippen LogP contribution in [0.2, 0.25) is 0 Å². The van der Waals surface area contributed by atoms with Crippen LogP contribution in [0.5, 0.6) is 11.5 Å². The number of ketones is 1. The molecule has 0 N–H and O–H groups in total. The van der Waals surface area contributed by atoms with Crippen molar-refractivity contribution in [1.29, 1.82) is 0 Å². The number of halogens is 1. The molecule has 0 bridgehead atoms. The van der Waals surface area contributed by atoms with Crippen LogP contribution in [-0.2, 0) is 7.05 Å². The van der Waals surface area contributed by atoms with Gasteiger partial charge in [-0.2, -0.15) is 0 Å². The van der Waals surface area contributed by atoms with E-state index in [1.807, 2.05) is 35.9 Å². The Bertz CT molecular complexity index is 1010. The predicted octanol–water partition coefficient (Wildman–Crippen LogP) is 4.22. The summed E-state index contributed by atoms with van der Waals surface area (Å²) in [7, 11) is 1.89. The number of para-hydroxylation sites is 2. The first kappa shape index (κ1) is 19.4. The standard InChI is InChI=1S/C21H20FN3O3S/c1-25-20(19-13-27-17-6-2-3-7-18(17)28-19)23-24-21(25)29-12-4-5-16(26)14-8-10-15(22)11-9-14/h2-3,6-11,19H,4-5,12-13H2,1H3. The lowest BCUT2D eigenvalue weighted by atomic mass is 10.1. The predicted molar refractivity (Wildman–Crippen MR) is 107 cm³/mol. The number of hydrogen-bond donors (Lipinski definition) is 0. The fourth-order valence-electron chi connectivity index (χ4n) is 3.06. The lowest BCUT2D eigenvalue weighted by molar-refractivity contribution is 0.0825. The van der Waals surface area contributed by atoms with Crippen molar-refractivity contribution in [2.24, 2.45) is 7.05 Å². The molecule has 1 aliphatic rings. The summed E-state index contributed by atoms with van der Waals surface area (Å²) in [5, 5.41) is 9.27. The van der Waals surface area contributed by atoms with Crippen molar-refractivity contribution in [3.05, 3.63) is 65.7 Å². The Morgan fingerprint density at radius 1 is 1.17 bits per heavy atom. The third-order valence-electron chi connectivity index (χ3n) is 4.61. The third-order valence-corrected chi connectivity index (χ3v) is 5.72. The number of nitrogens with zero attached hydrogens (tertiary/aromatic N) is 3. The highest BCUT2D eigenvalue weighted by molar-refractivity contribution is 7.99. The van der Waals surface area contributed by atoms with Crippen molar-refractivity contribution in [3.8, 4) is 11.5 Å². The van der Waals surface area contributed by atoms with Gasteiger partial charge in [-0.1, -0.05) is 23.9 Å². The molecule has 8 heteroatoms. The van der Waals surface area contributed by atoms with Crippen LogP contribution in [-0.4, -0.2) is 32.9 Å². The van der Waals surface area contributed by atoms with E-state index in [1.165, 1.54) is 36.0 Å². The fourth-order valence-corrected chi connectivity index (χ4v) is 3.91. The number of aromatic nitrogens is 3. The van der Waals surface area contributed by atoms with Gasteiger partial charge in [0.15, 0.2) is 34.4 Å². The zero-order chi connectivity index (χ0) is 20.2. The molecule has 150 valence electrons. The maximum Gasteiger partial charge on any atom is 0.192 e. The minimum absolute atomic E-state index is 0.00988. The van der Waals surface area contributed by atoms with Gasteiger partial charge < -0.3 is 14.0 Å². The summed E-state index contributed by atoms with van der Waals surface area (Å²) in [6.07, 6.45) is 0.774. The van der Waals surface area contributed by atoms with Gasteiger partial charge in [-0.15, -0.1) is 10.2 Å². The van der Waals surface area contributed by atoms with Gasteiger partial charge in [0.1, 0.15) is 12.4 Å². The molecular formula is C21H20FN3O3S. The van der Waals surface area contributed by atoms with Crippen LogP contribution in [0.4, 0.5) is 4.39 Å². The van der Waals surface area contributed by atoms with E-state index in [9.17, 15) is 9.18 Å². The third kappa shape index (κ3) is 4.42. The van der Waals surface area contributed by atoms with Crippen LogP contribution >= 0.6 is 11.8 Å². The maximum absolute atomic E-state index is 12.9. The van der Waals surface area contributed by atoms with Gasteiger partial charge in [0.25, 0.3) is 0 Å². The molecule has 4 rings (SSSR count). The topological polar surface area (TPSA) is 66.2 Å². The number of hydrogen-bond acceptors (Lipinski definition) is 6. The quantitative estimate of drug-likeness (QED) is 0.328. The van der Waals surface area contributed by atoms with Crippen molar-refractivity contribution in [2.75, 3.05) is 12.4 Å². The lowest BCUT2D eigenvalue weighted by Gasteiger charge is -2.25. The highest BCUT2D eigenvalue weighted by atomic mass is 32.2. The van der Waals surface area contributed by atoms with E-state index in [2.05, 4.69) is 10.2 Å².